The molecule has 1 aliphatic rings. The second kappa shape index (κ2) is 5.52. The molecule has 1 aromatic rings. The zero-order valence-corrected chi connectivity index (χ0v) is 10.8. The largest absolute Gasteiger partial charge is 0.0654 e. The molecule has 0 nitrogen and oxygen atoms in total. The summed E-state index contributed by atoms with van der Waals surface area (Å²) in [7, 11) is 0. The van der Waals surface area contributed by atoms with Crippen molar-refractivity contribution in [3.8, 4) is 0 Å². The molecule has 0 bridgehead atoms. The molecule has 0 heteroatoms. The second-order valence-electron chi connectivity index (χ2n) is 5.06. The van der Waals surface area contributed by atoms with Crippen LogP contribution in [0.3, 0.4) is 0 Å². The van der Waals surface area contributed by atoms with Crippen LogP contribution in [0.5, 0.6) is 0 Å². The minimum absolute atomic E-state index is 1.19. The van der Waals surface area contributed by atoms with E-state index in [0.29, 0.717) is 0 Å². The lowest BCUT2D eigenvalue weighted by molar-refractivity contribution is 0.670. The molecule has 0 heterocycles. The van der Waals surface area contributed by atoms with Crippen LogP contribution in [0.25, 0.3) is 0 Å². The average molecular weight is 216 g/mol. The van der Waals surface area contributed by atoms with E-state index >= 15 is 0 Å². The van der Waals surface area contributed by atoms with Gasteiger partial charge in [0.25, 0.3) is 0 Å². The van der Waals surface area contributed by atoms with Crippen LogP contribution < -0.4 is 0 Å². The van der Waals surface area contributed by atoms with Gasteiger partial charge in [-0.1, -0.05) is 32.4 Å². The molecule has 0 atom stereocenters. The van der Waals surface area contributed by atoms with Gasteiger partial charge < -0.3 is 0 Å². The first-order valence-electron chi connectivity index (χ1n) is 6.98. The third-order valence-corrected chi connectivity index (χ3v) is 3.83. The van der Waals surface area contributed by atoms with E-state index in [2.05, 4.69) is 26.0 Å². The van der Waals surface area contributed by atoms with Crippen molar-refractivity contribution in [2.75, 3.05) is 0 Å². The van der Waals surface area contributed by atoms with E-state index in [9.17, 15) is 0 Å². The molecular weight excluding hydrogens is 192 g/mol. The molecule has 0 unspecified atom stereocenters. The Kier molecular flexibility index (Phi) is 4.04. The van der Waals surface area contributed by atoms with Gasteiger partial charge in [0.15, 0.2) is 0 Å². The molecule has 88 valence electrons. The first-order chi connectivity index (χ1) is 7.85. The third-order valence-electron chi connectivity index (χ3n) is 3.83. The smallest absolute Gasteiger partial charge is 0.0273 e. The normalized spacial score (nSPS) is 14.9. The fourth-order valence-corrected chi connectivity index (χ4v) is 2.83. The zero-order valence-electron chi connectivity index (χ0n) is 10.8. The van der Waals surface area contributed by atoms with Crippen molar-refractivity contribution < 1.29 is 0 Å². The van der Waals surface area contributed by atoms with Crippen molar-refractivity contribution in [2.24, 2.45) is 0 Å². The standard InChI is InChI=1S/C16H24/c1-3-5-8-14-11-13(4-2)12-15-9-6-7-10-16(14)15/h11-12H,3-10H2,1-2H3. The highest BCUT2D eigenvalue weighted by Crippen LogP contribution is 2.27. The highest BCUT2D eigenvalue weighted by Gasteiger charge is 2.13. The summed E-state index contributed by atoms with van der Waals surface area (Å²) < 4.78 is 0. The first-order valence-corrected chi connectivity index (χ1v) is 6.98. The molecule has 0 spiro atoms. The predicted molar refractivity (Wildman–Crippen MR) is 71.1 cm³/mol. The minimum atomic E-state index is 1.19. The summed E-state index contributed by atoms with van der Waals surface area (Å²) in [6.07, 6.45) is 10.6. The maximum Gasteiger partial charge on any atom is -0.0273 e. The Hall–Kier alpha value is -0.780. The van der Waals surface area contributed by atoms with Crippen LogP contribution in [0, 0.1) is 0 Å². The van der Waals surface area contributed by atoms with Gasteiger partial charge in [-0.15, -0.1) is 0 Å². The van der Waals surface area contributed by atoms with Gasteiger partial charge in [0.05, 0.1) is 0 Å². The van der Waals surface area contributed by atoms with E-state index in [1.165, 1.54) is 51.4 Å². The van der Waals surface area contributed by atoms with Crippen molar-refractivity contribution >= 4 is 0 Å². The monoisotopic (exact) mass is 216 g/mol. The molecular formula is C16H24. The van der Waals surface area contributed by atoms with Gasteiger partial charge in [0, 0.05) is 0 Å². The van der Waals surface area contributed by atoms with E-state index in [-0.39, 0.29) is 0 Å². The minimum Gasteiger partial charge on any atom is -0.0654 e. The number of hydrogen-bond acceptors (Lipinski definition) is 0. The van der Waals surface area contributed by atoms with Gasteiger partial charge >= 0.3 is 0 Å². The van der Waals surface area contributed by atoms with Crippen molar-refractivity contribution in [2.45, 2.75) is 65.2 Å². The number of aryl methyl sites for hydroxylation is 3. The van der Waals surface area contributed by atoms with Gasteiger partial charge in [0.1, 0.15) is 0 Å². The number of hydrogen-bond donors (Lipinski definition) is 0. The SMILES string of the molecule is CCCCc1cc(CC)cc2c1CCCC2. The lowest BCUT2D eigenvalue weighted by Crippen LogP contribution is -2.08. The van der Waals surface area contributed by atoms with Crippen LogP contribution in [0.2, 0.25) is 0 Å². The Labute approximate surface area is 100 Å². The summed E-state index contributed by atoms with van der Waals surface area (Å²) in [5, 5.41) is 0. The van der Waals surface area contributed by atoms with Gasteiger partial charge in [-0.2, -0.15) is 0 Å². The second-order valence-corrected chi connectivity index (χ2v) is 5.06. The lowest BCUT2D eigenvalue weighted by atomic mass is 9.85. The molecule has 0 saturated carbocycles. The van der Waals surface area contributed by atoms with E-state index in [1.807, 2.05) is 0 Å². The molecule has 1 aromatic carbocycles. The predicted octanol–water partition coefficient (Wildman–Crippen LogP) is 4.47. The Bertz CT molecular complexity index is 349. The van der Waals surface area contributed by atoms with Crippen LogP contribution in [-0.2, 0) is 25.7 Å². The van der Waals surface area contributed by atoms with E-state index in [4.69, 9.17) is 0 Å². The summed E-state index contributed by atoms with van der Waals surface area (Å²) in [5.41, 5.74) is 6.58. The maximum atomic E-state index is 2.47. The van der Waals surface area contributed by atoms with E-state index in [0.717, 1.165) is 0 Å². The molecule has 0 N–H and O–H groups in total. The summed E-state index contributed by atoms with van der Waals surface area (Å²) >= 11 is 0. The van der Waals surface area contributed by atoms with Gasteiger partial charge in [-0.25, -0.2) is 0 Å². The summed E-state index contributed by atoms with van der Waals surface area (Å²) in [4.78, 5) is 0. The van der Waals surface area contributed by atoms with Gasteiger partial charge in [0.2, 0.25) is 0 Å². The average Bonchev–Trinajstić information content (AvgIpc) is 2.35. The van der Waals surface area contributed by atoms with Crippen molar-refractivity contribution in [1.29, 1.82) is 0 Å². The molecule has 0 saturated heterocycles. The van der Waals surface area contributed by atoms with Crippen molar-refractivity contribution in [3.63, 3.8) is 0 Å². The Morgan fingerprint density at radius 2 is 1.88 bits per heavy atom. The number of rotatable bonds is 4. The fraction of sp³-hybridized carbons (Fsp3) is 0.625. The Morgan fingerprint density at radius 1 is 1.06 bits per heavy atom. The summed E-state index contributed by atoms with van der Waals surface area (Å²) in [6, 6.07) is 4.93. The van der Waals surface area contributed by atoms with E-state index in [1.54, 1.807) is 22.3 Å². The number of unbranched alkanes of at least 4 members (excludes halogenated alkanes) is 1. The quantitative estimate of drug-likeness (QED) is 0.696. The molecule has 0 aromatic heterocycles. The Balaban J connectivity index is 2.31. The van der Waals surface area contributed by atoms with Crippen LogP contribution in [0.1, 0.15) is 61.8 Å². The molecule has 1 aliphatic carbocycles. The number of benzene rings is 1. The van der Waals surface area contributed by atoms with E-state index < -0.39 is 0 Å². The molecule has 0 aliphatic heterocycles. The van der Waals surface area contributed by atoms with Gasteiger partial charge in [-0.3, -0.25) is 0 Å². The highest BCUT2D eigenvalue weighted by atomic mass is 14.2. The lowest BCUT2D eigenvalue weighted by Gasteiger charge is -2.21. The van der Waals surface area contributed by atoms with Crippen molar-refractivity contribution in [1.82, 2.24) is 0 Å². The zero-order chi connectivity index (χ0) is 11.4. The number of fused-ring (bicyclic) bond motifs is 1. The topological polar surface area (TPSA) is 0 Å². The van der Waals surface area contributed by atoms with Crippen molar-refractivity contribution in [3.05, 3.63) is 34.4 Å². The van der Waals surface area contributed by atoms with Crippen LogP contribution in [0.4, 0.5) is 0 Å². The van der Waals surface area contributed by atoms with Crippen LogP contribution >= 0.6 is 0 Å². The first kappa shape index (κ1) is 11.7. The molecule has 16 heavy (non-hydrogen) atoms. The highest BCUT2D eigenvalue weighted by molar-refractivity contribution is 5.41. The fourth-order valence-electron chi connectivity index (χ4n) is 2.83. The maximum absolute atomic E-state index is 2.47. The Morgan fingerprint density at radius 3 is 2.62 bits per heavy atom. The molecule has 2 rings (SSSR count). The third kappa shape index (κ3) is 2.48. The summed E-state index contributed by atoms with van der Waals surface area (Å²) in [6.45, 7) is 4.56. The summed E-state index contributed by atoms with van der Waals surface area (Å²) in [5.74, 6) is 0. The molecule has 0 amide bonds. The van der Waals surface area contributed by atoms with Gasteiger partial charge in [-0.05, 0) is 67.2 Å². The van der Waals surface area contributed by atoms with Crippen LogP contribution in [-0.4, -0.2) is 0 Å². The molecule has 0 radical (unpaired) electrons. The van der Waals surface area contributed by atoms with Crippen LogP contribution in [0.15, 0.2) is 12.1 Å². The molecule has 0 fully saturated rings.